The van der Waals surface area contributed by atoms with Crippen LogP contribution in [0, 0.1) is 12.8 Å². The average Bonchev–Trinajstić information content (AvgIpc) is 2.67. The first-order valence-corrected chi connectivity index (χ1v) is 6.69. The summed E-state index contributed by atoms with van der Waals surface area (Å²) in [5.41, 5.74) is 2.31. The van der Waals surface area contributed by atoms with Crippen LogP contribution in [0.25, 0.3) is 0 Å². The van der Waals surface area contributed by atoms with Crippen molar-refractivity contribution in [2.75, 3.05) is 5.32 Å². The average molecular weight is 248 g/mol. The molecular weight excluding hydrogens is 228 g/mol. The molecule has 92 valence electrons. The van der Waals surface area contributed by atoms with Crippen molar-refractivity contribution >= 4 is 23.0 Å². The third-order valence-electron chi connectivity index (χ3n) is 3.42. The fourth-order valence-electron chi connectivity index (χ4n) is 2.40. The van der Waals surface area contributed by atoms with Gasteiger partial charge in [0.15, 0.2) is 5.11 Å². The topological polar surface area (TPSA) is 24.1 Å². The standard InChI is InChI=1S/C14H20N2S/c1-10-7-8-12(9-10)15-14(17)16-13-6-4-3-5-11(13)2/h3-6,10,12H,7-9H2,1-2H3,(H2,15,16,17). The summed E-state index contributed by atoms with van der Waals surface area (Å²) in [6, 6.07) is 8.75. The van der Waals surface area contributed by atoms with Crippen LogP contribution in [-0.2, 0) is 0 Å². The van der Waals surface area contributed by atoms with Crippen molar-refractivity contribution < 1.29 is 0 Å². The molecule has 0 saturated heterocycles. The van der Waals surface area contributed by atoms with Crippen LogP contribution in [0.4, 0.5) is 5.69 Å². The summed E-state index contributed by atoms with van der Waals surface area (Å²) in [6.45, 7) is 4.39. The van der Waals surface area contributed by atoms with Gasteiger partial charge in [-0.3, -0.25) is 0 Å². The van der Waals surface area contributed by atoms with Crippen LogP contribution in [0.15, 0.2) is 24.3 Å². The third-order valence-corrected chi connectivity index (χ3v) is 3.64. The zero-order valence-electron chi connectivity index (χ0n) is 10.5. The van der Waals surface area contributed by atoms with Crippen LogP contribution in [0.2, 0.25) is 0 Å². The normalized spacial score (nSPS) is 23.4. The lowest BCUT2D eigenvalue weighted by Gasteiger charge is -2.17. The van der Waals surface area contributed by atoms with Gasteiger partial charge in [-0.25, -0.2) is 0 Å². The number of nitrogens with one attached hydrogen (secondary N) is 2. The Morgan fingerprint density at radius 3 is 2.71 bits per heavy atom. The summed E-state index contributed by atoms with van der Waals surface area (Å²) in [5, 5.41) is 7.43. The van der Waals surface area contributed by atoms with Crippen LogP contribution < -0.4 is 10.6 Å². The van der Waals surface area contributed by atoms with Crippen molar-refractivity contribution in [2.24, 2.45) is 5.92 Å². The Kier molecular flexibility index (Phi) is 4.00. The summed E-state index contributed by atoms with van der Waals surface area (Å²) in [6.07, 6.45) is 3.77. The minimum atomic E-state index is 0.550. The lowest BCUT2D eigenvalue weighted by molar-refractivity contribution is 0.572. The predicted octanol–water partition coefficient (Wildman–Crippen LogP) is 3.47. The summed E-state index contributed by atoms with van der Waals surface area (Å²) < 4.78 is 0. The molecule has 0 bridgehead atoms. The molecule has 3 heteroatoms. The highest BCUT2D eigenvalue weighted by atomic mass is 32.1. The SMILES string of the molecule is Cc1ccccc1NC(=S)NC1CCC(C)C1. The van der Waals surface area contributed by atoms with Gasteiger partial charge in [0.2, 0.25) is 0 Å². The van der Waals surface area contributed by atoms with E-state index in [-0.39, 0.29) is 0 Å². The number of para-hydroxylation sites is 1. The van der Waals surface area contributed by atoms with Gasteiger partial charge in [0.1, 0.15) is 0 Å². The Balaban J connectivity index is 1.87. The molecule has 1 aromatic rings. The van der Waals surface area contributed by atoms with Gasteiger partial charge in [-0.05, 0) is 56.0 Å². The largest absolute Gasteiger partial charge is 0.360 e. The molecule has 2 atom stereocenters. The van der Waals surface area contributed by atoms with Crippen molar-refractivity contribution in [1.82, 2.24) is 5.32 Å². The number of aryl methyl sites for hydroxylation is 1. The first kappa shape index (κ1) is 12.4. The molecule has 1 aliphatic carbocycles. The smallest absolute Gasteiger partial charge is 0.171 e. The van der Waals surface area contributed by atoms with Gasteiger partial charge in [0, 0.05) is 11.7 Å². The maximum absolute atomic E-state index is 5.35. The summed E-state index contributed by atoms with van der Waals surface area (Å²) in [4.78, 5) is 0. The molecule has 1 aliphatic rings. The van der Waals surface area contributed by atoms with Gasteiger partial charge in [0.05, 0.1) is 0 Å². The van der Waals surface area contributed by atoms with E-state index in [0.29, 0.717) is 6.04 Å². The number of hydrogen-bond donors (Lipinski definition) is 2. The van der Waals surface area contributed by atoms with Gasteiger partial charge in [0.25, 0.3) is 0 Å². The van der Waals surface area contributed by atoms with Gasteiger partial charge in [-0.1, -0.05) is 25.1 Å². The molecule has 1 fully saturated rings. The van der Waals surface area contributed by atoms with E-state index in [9.17, 15) is 0 Å². The van der Waals surface area contributed by atoms with E-state index in [2.05, 4.69) is 36.6 Å². The fourth-order valence-corrected chi connectivity index (χ4v) is 2.67. The van der Waals surface area contributed by atoms with E-state index in [1.54, 1.807) is 0 Å². The lowest BCUT2D eigenvalue weighted by Crippen LogP contribution is -2.36. The van der Waals surface area contributed by atoms with Crippen LogP contribution in [-0.4, -0.2) is 11.2 Å². The molecule has 1 aromatic carbocycles. The number of anilines is 1. The highest BCUT2D eigenvalue weighted by Crippen LogP contribution is 2.24. The van der Waals surface area contributed by atoms with Crippen LogP contribution >= 0.6 is 12.2 Å². The van der Waals surface area contributed by atoms with Crippen LogP contribution in [0.5, 0.6) is 0 Å². The highest BCUT2D eigenvalue weighted by molar-refractivity contribution is 7.80. The van der Waals surface area contributed by atoms with Crippen LogP contribution in [0.3, 0.4) is 0 Å². The van der Waals surface area contributed by atoms with Gasteiger partial charge < -0.3 is 10.6 Å². The van der Waals surface area contributed by atoms with Gasteiger partial charge >= 0.3 is 0 Å². The minimum Gasteiger partial charge on any atom is -0.360 e. The Hall–Kier alpha value is -1.09. The molecule has 1 saturated carbocycles. The monoisotopic (exact) mass is 248 g/mol. The van der Waals surface area contributed by atoms with Gasteiger partial charge in [-0.2, -0.15) is 0 Å². The fraction of sp³-hybridized carbons (Fsp3) is 0.500. The van der Waals surface area contributed by atoms with Crippen molar-refractivity contribution in [1.29, 1.82) is 0 Å². The van der Waals surface area contributed by atoms with E-state index < -0.39 is 0 Å². The molecule has 2 nitrogen and oxygen atoms in total. The molecule has 2 unspecified atom stereocenters. The van der Waals surface area contributed by atoms with E-state index in [1.165, 1.54) is 24.8 Å². The molecule has 17 heavy (non-hydrogen) atoms. The third kappa shape index (κ3) is 3.43. The zero-order valence-corrected chi connectivity index (χ0v) is 11.3. The van der Waals surface area contributed by atoms with Gasteiger partial charge in [-0.15, -0.1) is 0 Å². The molecule has 2 rings (SSSR count). The van der Waals surface area contributed by atoms with Crippen LogP contribution in [0.1, 0.15) is 31.7 Å². The summed E-state index contributed by atoms with van der Waals surface area (Å²) in [7, 11) is 0. The highest BCUT2D eigenvalue weighted by Gasteiger charge is 2.21. The van der Waals surface area contributed by atoms with E-state index in [1.807, 2.05) is 12.1 Å². The van der Waals surface area contributed by atoms with Crippen molar-refractivity contribution in [3.05, 3.63) is 29.8 Å². The zero-order chi connectivity index (χ0) is 12.3. The van der Waals surface area contributed by atoms with E-state index >= 15 is 0 Å². The van der Waals surface area contributed by atoms with Crippen molar-refractivity contribution in [2.45, 2.75) is 39.2 Å². The number of benzene rings is 1. The molecule has 0 spiro atoms. The first-order valence-electron chi connectivity index (χ1n) is 6.28. The molecular formula is C14H20N2S. The van der Waals surface area contributed by atoms with E-state index in [4.69, 9.17) is 12.2 Å². The number of rotatable bonds is 2. The molecule has 2 N–H and O–H groups in total. The summed E-state index contributed by atoms with van der Waals surface area (Å²) >= 11 is 5.35. The second-order valence-corrected chi connectivity index (χ2v) is 5.44. The maximum atomic E-state index is 5.35. The maximum Gasteiger partial charge on any atom is 0.171 e. The second-order valence-electron chi connectivity index (χ2n) is 5.03. The quantitative estimate of drug-likeness (QED) is 0.784. The van der Waals surface area contributed by atoms with E-state index in [0.717, 1.165) is 16.7 Å². The summed E-state index contributed by atoms with van der Waals surface area (Å²) in [5.74, 6) is 0.828. The molecule has 0 radical (unpaired) electrons. The first-order chi connectivity index (χ1) is 8.15. The number of hydrogen-bond acceptors (Lipinski definition) is 1. The molecule has 0 aromatic heterocycles. The Bertz CT molecular complexity index is 403. The predicted molar refractivity (Wildman–Crippen MR) is 77.3 cm³/mol. The van der Waals surface area contributed by atoms with Crippen molar-refractivity contribution in [3.63, 3.8) is 0 Å². The molecule has 0 heterocycles. The Morgan fingerprint density at radius 1 is 1.29 bits per heavy atom. The Morgan fingerprint density at radius 2 is 2.06 bits per heavy atom. The minimum absolute atomic E-state index is 0.550. The van der Waals surface area contributed by atoms with Crippen molar-refractivity contribution in [3.8, 4) is 0 Å². The molecule has 0 amide bonds. The molecule has 0 aliphatic heterocycles. The number of thiocarbonyl (C=S) groups is 1. The lowest BCUT2D eigenvalue weighted by atomic mass is 10.1. The second kappa shape index (κ2) is 5.50. The Labute approximate surface area is 109 Å².